The molecule has 21 heavy (non-hydrogen) atoms. The zero-order chi connectivity index (χ0) is 14.5. The van der Waals surface area contributed by atoms with Gasteiger partial charge in [0, 0.05) is 17.6 Å². The van der Waals surface area contributed by atoms with Crippen molar-refractivity contribution in [3.8, 4) is 0 Å². The van der Waals surface area contributed by atoms with Crippen molar-refractivity contribution < 1.29 is 12.8 Å². The first kappa shape index (κ1) is 17.4. The summed E-state index contributed by atoms with van der Waals surface area (Å²) in [5.41, 5.74) is 0. The van der Waals surface area contributed by atoms with E-state index in [1.165, 1.54) is 4.31 Å². The van der Waals surface area contributed by atoms with E-state index in [1.807, 2.05) is 0 Å². The zero-order valence-electron chi connectivity index (χ0n) is 10.9. The van der Waals surface area contributed by atoms with Gasteiger partial charge in [-0.1, -0.05) is 11.6 Å². The largest absolute Gasteiger partial charge is 0.316 e. The summed E-state index contributed by atoms with van der Waals surface area (Å²) in [5.74, 6) is 0.133. The maximum Gasteiger partial charge on any atom is 0.245 e. The van der Waals surface area contributed by atoms with E-state index in [2.05, 4.69) is 21.2 Å². The average molecular weight is 420 g/mol. The van der Waals surface area contributed by atoms with Crippen LogP contribution in [0.1, 0.15) is 0 Å². The standard InChI is InChI=1S/C12H13BrClFN2O2S.ClH/c13-10-1-9(15)2-11(14)12(10)20(18,19)17-5-7-3-16-4-8(7)6-17;/h1-2,7-8,16H,3-6H2;1H/t7-,8+;. The number of hydrogen-bond donors (Lipinski definition) is 1. The third kappa shape index (κ3) is 3.09. The molecule has 0 radical (unpaired) electrons. The zero-order valence-corrected chi connectivity index (χ0v) is 14.8. The van der Waals surface area contributed by atoms with Crippen LogP contribution in [-0.2, 0) is 10.0 Å². The molecule has 2 aliphatic heterocycles. The van der Waals surface area contributed by atoms with Crippen LogP contribution < -0.4 is 5.32 Å². The monoisotopic (exact) mass is 418 g/mol. The number of rotatable bonds is 2. The first-order valence-corrected chi connectivity index (χ1v) is 8.86. The second-order valence-corrected chi connectivity index (χ2v) is 8.34. The van der Waals surface area contributed by atoms with Gasteiger partial charge < -0.3 is 5.32 Å². The Kier molecular flexibility index (Phi) is 5.23. The highest BCUT2D eigenvalue weighted by atomic mass is 79.9. The third-order valence-electron chi connectivity index (χ3n) is 3.92. The second-order valence-electron chi connectivity index (χ2n) is 5.20. The summed E-state index contributed by atoms with van der Waals surface area (Å²) in [7, 11) is -3.70. The van der Waals surface area contributed by atoms with Crippen molar-refractivity contribution in [2.75, 3.05) is 26.2 Å². The number of sulfonamides is 1. The molecule has 0 saturated carbocycles. The minimum Gasteiger partial charge on any atom is -0.316 e. The molecule has 2 atom stereocenters. The molecule has 0 amide bonds. The number of halogens is 4. The summed E-state index contributed by atoms with van der Waals surface area (Å²) in [4.78, 5) is -0.0477. The van der Waals surface area contributed by atoms with Gasteiger partial charge in [-0.05, 0) is 53.0 Å². The van der Waals surface area contributed by atoms with E-state index in [9.17, 15) is 12.8 Å². The maximum absolute atomic E-state index is 13.2. The van der Waals surface area contributed by atoms with Gasteiger partial charge in [-0.3, -0.25) is 0 Å². The number of hydrogen-bond acceptors (Lipinski definition) is 3. The van der Waals surface area contributed by atoms with Gasteiger partial charge in [0.1, 0.15) is 10.7 Å². The summed E-state index contributed by atoms with van der Waals surface area (Å²) < 4.78 is 40.2. The van der Waals surface area contributed by atoms with Gasteiger partial charge in [0.05, 0.1) is 5.02 Å². The lowest BCUT2D eigenvalue weighted by molar-refractivity contribution is 0.447. The first-order chi connectivity index (χ1) is 9.39. The maximum atomic E-state index is 13.2. The molecule has 2 aliphatic rings. The van der Waals surface area contributed by atoms with Crippen molar-refractivity contribution in [1.82, 2.24) is 9.62 Å². The van der Waals surface area contributed by atoms with E-state index in [1.54, 1.807) is 0 Å². The van der Waals surface area contributed by atoms with Crippen molar-refractivity contribution in [3.63, 3.8) is 0 Å². The molecule has 1 aromatic carbocycles. The van der Waals surface area contributed by atoms with Crippen LogP contribution in [0.3, 0.4) is 0 Å². The fourth-order valence-electron chi connectivity index (χ4n) is 2.91. The predicted octanol–water partition coefficient (Wildman–Crippen LogP) is 2.50. The Morgan fingerprint density at radius 1 is 1.29 bits per heavy atom. The van der Waals surface area contributed by atoms with Crippen molar-refractivity contribution in [3.05, 3.63) is 27.4 Å². The van der Waals surface area contributed by atoms with Crippen molar-refractivity contribution in [1.29, 1.82) is 0 Å². The summed E-state index contributed by atoms with van der Waals surface area (Å²) in [6.07, 6.45) is 0. The van der Waals surface area contributed by atoms with E-state index < -0.39 is 15.8 Å². The molecule has 2 saturated heterocycles. The Labute approximate surface area is 142 Å². The van der Waals surface area contributed by atoms with Gasteiger partial charge in [-0.25, -0.2) is 12.8 Å². The van der Waals surface area contributed by atoms with Crippen LogP contribution >= 0.6 is 39.9 Å². The number of nitrogens with one attached hydrogen (secondary N) is 1. The normalized spacial score (nSPS) is 25.7. The van der Waals surface area contributed by atoms with Crippen LogP contribution in [0.4, 0.5) is 4.39 Å². The van der Waals surface area contributed by atoms with Gasteiger partial charge in [0.2, 0.25) is 10.0 Å². The van der Waals surface area contributed by atoms with Crippen LogP contribution in [0.5, 0.6) is 0 Å². The van der Waals surface area contributed by atoms with Crippen molar-refractivity contribution >= 4 is 50.0 Å². The van der Waals surface area contributed by atoms with E-state index in [0.717, 1.165) is 25.2 Å². The molecule has 0 unspecified atom stereocenters. The SMILES string of the molecule is Cl.O=S(=O)(c1c(Cl)cc(F)cc1Br)N1C[C@H]2CNC[C@H]2C1. The van der Waals surface area contributed by atoms with Crippen LogP contribution in [0, 0.1) is 17.7 Å². The molecule has 4 nitrogen and oxygen atoms in total. The minimum atomic E-state index is -3.70. The third-order valence-corrected chi connectivity index (χ3v) is 7.15. The van der Waals surface area contributed by atoms with Gasteiger partial charge in [-0.15, -0.1) is 12.4 Å². The Balaban J connectivity index is 0.00000161. The lowest BCUT2D eigenvalue weighted by Crippen LogP contribution is -2.32. The molecule has 0 spiro atoms. The second kappa shape index (κ2) is 6.29. The lowest BCUT2D eigenvalue weighted by atomic mass is 10.0. The molecule has 118 valence electrons. The van der Waals surface area contributed by atoms with Crippen molar-refractivity contribution in [2.24, 2.45) is 11.8 Å². The van der Waals surface area contributed by atoms with Gasteiger partial charge in [0.15, 0.2) is 0 Å². The van der Waals surface area contributed by atoms with E-state index >= 15 is 0 Å². The highest BCUT2D eigenvalue weighted by Gasteiger charge is 2.42. The van der Waals surface area contributed by atoms with E-state index in [0.29, 0.717) is 24.9 Å². The summed E-state index contributed by atoms with van der Waals surface area (Å²) in [5, 5.41) is 3.17. The van der Waals surface area contributed by atoms with Crippen molar-refractivity contribution in [2.45, 2.75) is 4.90 Å². The van der Waals surface area contributed by atoms with Crippen LogP contribution in [0.2, 0.25) is 5.02 Å². The van der Waals surface area contributed by atoms with Gasteiger partial charge in [0.25, 0.3) is 0 Å². The molecular formula is C12H14BrCl2FN2O2S. The molecule has 0 aliphatic carbocycles. The molecule has 9 heteroatoms. The fraction of sp³-hybridized carbons (Fsp3) is 0.500. The number of benzene rings is 1. The lowest BCUT2D eigenvalue weighted by Gasteiger charge is -2.19. The highest BCUT2D eigenvalue weighted by Crippen LogP contribution is 2.36. The molecule has 3 rings (SSSR count). The number of nitrogens with zero attached hydrogens (tertiary/aromatic N) is 1. The Morgan fingerprint density at radius 2 is 1.86 bits per heavy atom. The minimum absolute atomic E-state index is 0. The van der Waals surface area contributed by atoms with Crippen LogP contribution in [-0.4, -0.2) is 38.9 Å². The topological polar surface area (TPSA) is 49.4 Å². The smallest absolute Gasteiger partial charge is 0.245 e. The molecule has 2 fully saturated rings. The first-order valence-electron chi connectivity index (χ1n) is 6.25. The predicted molar refractivity (Wildman–Crippen MR) is 85.0 cm³/mol. The summed E-state index contributed by atoms with van der Waals surface area (Å²) in [6, 6.07) is 2.15. The number of fused-ring (bicyclic) bond motifs is 1. The van der Waals surface area contributed by atoms with E-state index in [-0.39, 0.29) is 26.8 Å². The Hall–Kier alpha value is 0.0800. The Morgan fingerprint density at radius 3 is 2.38 bits per heavy atom. The summed E-state index contributed by atoms with van der Waals surface area (Å²) in [6.45, 7) is 2.66. The average Bonchev–Trinajstić information content (AvgIpc) is 2.85. The van der Waals surface area contributed by atoms with Crippen LogP contribution in [0.25, 0.3) is 0 Å². The Bertz CT molecular complexity index is 624. The fourth-order valence-corrected chi connectivity index (χ4v) is 6.22. The molecule has 1 aromatic rings. The molecule has 0 aromatic heterocycles. The van der Waals surface area contributed by atoms with Crippen LogP contribution in [0.15, 0.2) is 21.5 Å². The van der Waals surface area contributed by atoms with Gasteiger partial charge in [-0.2, -0.15) is 4.31 Å². The molecular weight excluding hydrogens is 406 g/mol. The quantitative estimate of drug-likeness (QED) is 0.801. The van der Waals surface area contributed by atoms with Gasteiger partial charge >= 0.3 is 0 Å². The highest BCUT2D eigenvalue weighted by molar-refractivity contribution is 9.10. The summed E-state index contributed by atoms with van der Waals surface area (Å²) >= 11 is 9.03. The van der Waals surface area contributed by atoms with E-state index in [4.69, 9.17) is 11.6 Å². The molecule has 1 N–H and O–H groups in total. The molecule has 2 heterocycles. The molecule has 0 bridgehead atoms.